The Morgan fingerprint density at radius 2 is 2.20 bits per heavy atom. The summed E-state index contributed by atoms with van der Waals surface area (Å²) in [4.78, 5) is 3.97. The SMILES string of the molecule is Brc1csc(CCCN2CCOCC2)c1. The molecule has 0 aromatic carbocycles. The highest BCUT2D eigenvalue weighted by molar-refractivity contribution is 9.10. The second-order valence-electron chi connectivity index (χ2n) is 3.79. The van der Waals surface area contributed by atoms with Gasteiger partial charge in [0.05, 0.1) is 13.2 Å². The summed E-state index contributed by atoms with van der Waals surface area (Å²) in [6, 6.07) is 2.23. The highest BCUT2D eigenvalue weighted by Gasteiger charge is 2.09. The predicted molar refractivity (Wildman–Crippen MR) is 67.6 cm³/mol. The average molecular weight is 290 g/mol. The molecule has 1 aromatic rings. The first-order chi connectivity index (χ1) is 7.34. The van der Waals surface area contributed by atoms with Crippen LogP contribution in [0.4, 0.5) is 0 Å². The van der Waals surface area contributed by atoms with Crippen molar-refractivity contribution in [3.63, 3.8) is 0 Å². The monoisotopic (exact) mass is 289 g/mol. The fraction of sp³-hybridized carbons (Fsp3) is 0.636. The smallest absolute Gasteiger partial charge is 0.0594 e. The highest BCUT2D eigenvalue weighted by atomic mass is 79.9. The van der Waals surface area contributed by atoms with E-state index in [-0.39, 0.29) is 0 Å². The van der Waals surface area contributed by atoms with E-state index in [4.69, 9.17) is 4.74 Å². The van der Waals surface area contributed by atoms with Crippen LogP contribution in [-0.2, 0) is 11.2 Å². The summed E-state index contributed by atoms with van der Waals surface area (Å²) in [7, 11) is 0. The third-order valence-electron chi connectivity index (χ3n) is 2.62. The summed E-state index contributed by atoms with van der Waals surface area (Å²) in [6.45, 7) is 5.23. The molecule has 0 saturated carbocycles. The molecule has 1 aliphatic heterocycles. The van der Waals surface area contributed by atoms with E-state index >= 15 is 0 Å². The van der Waals surface area contributed by atoms with Gasteiger partial charge in [-0.3, -0.25) is 4.90 Å². The lowest BCUT2D eigenvalue weighted by Crippen LogP contribution is -2.36. The van der Waals surface area contributed by atoms with Crippen LogP contribution in [0.15, 0.2) is 15.9 Å². The Balaban J connectivity index is 1.65. The summed E-state index contributed by atoms with van der Waals surface area (Å²) >= 11 is 5.33. The fourth-order valence-electron chi connectivity index (χ4n) is 1.79. The van der Waals surface area contributed by atoms with Crippen molar-refractivity contribution in [3.8, 4) is 0 Å². The summed E-state index contributed by atoms with van der Waals surface area (Å²) in [5, 5.41) is 2.16. The Bertz CT molecular complexity index is 297. The van der Waals surface area contributed by atoms with E-state index in [0.717, 1.165) is 26.3 Å². The van der Waals surface area contributed by atoms with Crippen molar-refractivity contribution in [2.45, 2.75) is 12.8 Å². The molecule has 0 spiro atoms. The molecule has 0 radical (unpaired) electrons. The third kappa shape index (κ3) is 3.87. The highest BCUT2D eigenvalue weighted by Crippen LogP contribution is 2.20. The minimum absolute atomic E-state index is 0.907. The zero-order valence-electron chi connectivity index (χ0n) is 8.75. The van der Waals surface area contributed by atoms with Gasteiger partial charge in [-0.15, -0.1) is 11.3 Å². The third-order valence-corrected chi connectivity index (χ3v) is 4.38. The normalized spacial score (nSPS) is 18.2. The minimum Gasteiger partial charge on any atom is -0.379 e. The van der Waals surface area contributed by atoms with Crippen molar-refractivity contribution in [3.05, 3.63) is 20.8 Å². The van der Waals surface area contributed by atoms with Gasteiger partial charge in [-0.2, -0.15) is 0 Å². The fourth-order valence-corrected chi connectivity index (χ4v) is 3.28. The summed E-state index contributed by atoms with van der Waals surface area (Å²) < 4.78 is 6.54. The number of aryl methyl sites for hydroxylation is 1. The number of hydrogen-bond donors (Lipinski definition) is 0. The van der Waals surface area contributed by atoms with E-state index in [9.17, 15) is 0 Å². The molecule has 2 heterocycles. The van der Waals surface area contributed by atoms with E-state index in [1.165, 1.54) is 28.7 Å². The standard InChI is InChI=1S/C11H16BrNOS/c12-10-8-11(15-9-10)2-1-3-13-4-6-14-7-5-13/h8-9H,1-7H2. The lowest BCUT2D eigenvalue weighted by molar-refractivity contribution is 0.0375. The number of halogens is 1. The van der Waals surface area contributed by atoms with Gasteiger partial charge in [-0.1, -0.05) is 0 Å². The minimum atomic E-state index is 0.907. The van der Waals surface area contributed by atoms with Crippen molar-refractivity contribution >= 4 is 27.3 Å². The van der Waals surface area contributed by atoms with E-state index in [2.05, 4.69) is 32.3 Å². The van der Waals surface area contributed by atoms with Crippen molar-refractivity contribution in [1.82, 2.24) is 4.90 Å². The van der Waals surface area contributed by atoms with E-state index in [0.29, 0.717) is 0 Å². The van der Waals surface area contributed by atoms with Crippen molar-refractivity contribution < 1.29 is 4.74 Å². The number of ether oxygens (including phenoxy) is 1. The van der Waals surface area contributed by atoms with Crippen LogP contribution in [0.3, 0.4) is 0 Å². The van der Waals surface area contributed by atoms with Gasteiger partial charge in [-0.25, -0.2) is 0 Å². The Labute approximate surface area is 103 Å². The van der Waals surface area contributed by atoms with Gasteiger partial charge in [0.25, 0.3) is 0 Å². The Morgan fingerprint density at radius 3 is 2.87 bits per heavy atom. The molecule has 84 valence electrons. The van der Waals surface area contributed by atoms with Crippen LogP contribution in [0.5, 0.6) is 0 Å². The molecular weight excluding hydrogens is 274 g/mol. The van der Waals surface area contributed by atoms with Gasteiger partial charge in [0.15, 0.2) is 0 Å². The van der Waals surface area contributed by atoms with Gasteiger partial charge in [0.2, 0.25) is 0 Å². The van der Waals surface area contributed by atoms with Gasteiger partial charge >= 0.3 is 0 Å². The van der Waals surface area contributed by atoms with Crippen LogP contribution in [0.25, 0.3) is 0 Å². The molecule has 1 saturated heterocycles. The Kier molecular flexibility index (Phi) is 4.62. The number of morpholine rings is 1. The van der Waals surface area contributed by atoms with E-state index < -0.39 is 0 Å². The number of nitrogens with zero attached hydrogens (tertiary/aromatic N) is 1. The number of rotatable bonds is 4. The van der Waals surface area contributed by atoms with Crippen LogP contribution in [-0.4, -0.2) is 37.7 Å². The summed E-state index contributed by atoms with van der Waals surface area (Å²) in [5.41, 5.74) is 0. The molecule has 2 rings (SSSR count). The lowest BCUT2D eigenvalue weighted by atomic mass is 10.2. The lowest BCUT2D eigenvalue weighted by Gasteiger charge is -2.26. The van der Waals surface area contributed by atoms with Gasteiger partial charge in [-0.05, 0) is 41.4 Å². The molecule has 15 heavy (non-hydrogen) atoms. The molecular formula is C11H16BrNOS. The maximum atomic E-state index is 5.32. The van der Waals surface area contributed by atoms with Crippen LogP contribution in [0, 0.1) is 0 Å². The van der Waals surface area contributed by atoms with E-state index in [1.807, 2.05) is 11.3 Å². The molecule has 2 nitrogen and oxygen atoms in total. The number of hydrogen-bond acceptors (Lipinski definition) is 3. The second kappa shape index (κ2) is 5.99. The molecule has 0 unspecified atom stereocenters. The van der Waals surface area contributed by atoms with Crippen molar-refractivity contribution in [2.24, 2.45) is 0 Å². The van der Waals surface area contributed by atoms with Crippen LogP contribution in [0.1, 0.15) is 11.3 Å². The largest absolute Gasteiger partial charge is 0.379 e. The molecule has 0 N–H and O–H groups in total. The second-order valence-corrected chi connectivity index (χ2v) is 5.70. The van der Waals surface area contributed by atoms with Gasteiger partial charge in [0.1, 0.15) is 0 Å². The first-order valence-corrected chi connectivity index (χ1v) is 7.05. The molecule has 0 atom stereocenters. The van der Waals surface area contributed by atoms with Gasteiger partial charge < -0.3 is 4.74 Å². The first-order valence-electron chi connectivity index (χ1n) is 5.37. The molecule has 0 amide bonds. The molecule has 0 bridgehead atoms. The quantitative estimate of drug-likeness (QED) is 0.845. The Hall–Kier alpha value is 0.1000. The first kappa shape index (κ1) is 11.6. The molecule has 1 aromatic heterocycles. The molecule has 4 heteroatoms. The van der Waals surface area contributed by atoms with Crippen LogP contribution >= 0.6 is 27.3 Å². The molecule has 1 fully saturated rings. The number of thiophene rings is 1. The predicted octanol–water partition coefficient (Wildman–Crippen LogP) is 2.78. The van der Waals surface area contributed by atoms with Crippen LogP contribution < -0.4 is 0 Å². The van der Waals surface area contributed by atoms with Crippen molar-refractivity contribution in [1.29, 1.82) is 0 Å². The topological polar surface area (TPSA) is 12.5 Å². The average Bonchev–Trinajstić information content (AvgIpc) is 2.66. The van der Waals surface area contributed by atoms with E-state index in [1.54, 1.807) is 0 Å². The van der Waals surface area contributed by atoms with Crippen LogP contribution in [0.2, 0.25) is 0 Å². The maximum Gasteiger partial charge on any atom is 0.0594 e. The van der Waals surface area contributed by atoms with Crippen molar-refractivity contribution in [2.75, 3.05) is 32.8 Å². The molecule has 0 aliphatic carbocycles. The maximum absolute atomic E-state index is 5.32. The van der Waals surface area contributed by atoms with Gasteiger partial charge in [0, 0.05) is 27.8 Å². The zero-order chi connectivity index (χ0) is 10.5. The molecule has 1 aliphatic rings. The summed E-state index contributed by atoms with van der Waals surface area (Å²) in [6.07, 6.45) is 2.46. The zero-order valence-corrected chi connectivity index (χ0v) is 11.1. The Morgan fingerprint density at radius 1 is 1.40 bits per heavy atom. The summed E-state index contributed by atoms with van der Waals surface area (Å²) in [5.74, 6) is 0.